The number of hydrogen-bond donors (Lipinski definition) is 1. The van der Waals surface area contributed by atoms with Crippen molar-refractivity contribution in [3.8, 4) is 0 Å². The van der Waals surface area contributed by atoms with Crippen molar-refractivity contribution in [3.05, 3.63) is 21.4 Å². The fraction of sp³-hybridized carbons (Fsp3) is 0.667. The standard InChI is InChI=1S/C12H19NS2/c1-3-5-13-9(2)12-7-10-8-14-6-4-11(10)15-12/h7,9,13H,3-6,8H2,1-2H3. The molecule has 84 valence electrons. The van der Waals surface area contributed by atoms with Crippen LogP contribution >= 0.6 is 23.1 Å². The smallest absolute Gasteiger partial charge is 0.0386 e. The Labute approximate surface area is 101 Å². The molecule has 0 saturated carbocycles. The van der Waals surface area contributed by atoms with E-state index >= 15 is 0 Å². The summed E-state index contributed by atoms with van der Waals surface area (Å²) in [6, 6.07) is 2.95. The lowest BCUT2D eigenvalue weighted by Crippen LogP contribution is -2.18. The highest BCUT2D eigenvalue weighted by atomic mass is 32.2. The fourth-order valence-electron chi connectivity index (χ4n) is 1.85. The van der Waals surface area contributed by atoms with E-state index in [1.165, 1.54) is 29.2 Å². The number of fused-ring (bicyclic) bond motifs is 1. The fourth-order valence-corrected chi connectivity index (χ4v) is 4.25. The highest BCUT2D eigenvalue weighted by molar-refractivity contribution is 7.98. The second-order valence-corrected chi connectivity index (χ2v) is 6.35. The summed E-state index contributed by atoms with van der Waals surface area (Å²) >= 11 is 4.08. The van der Waals surface area contributed by atoms with Crippen molar-refractivity contribution in [1.82, 2.24) is 5.32 Å². The van der Waals surface area contributed by atoms with Gasteiger partial charge in [-0.15, -0.1) is 11.3 Å². The SMILES string of the molecule is CCCNC(C)c1cc2c(s1)CCSC2. The van der Waals surface area contributed by atoms with E-state index in [-0.39, 0.29) is 0 Å². The zero-order valence-electron chi connectivity index (χ0n) is 9.51. The lowest BCUT2D eigenvalue weighted by molar-refractivity contribution is 0.578. The van der Waals surface area contributed by atoms with Gasteiger partial charge in [-0.25, -0.2) is 0 Å². The van der Waals surface area contributed by atoms with E-state index in [0.29, 0.717) is 6.04 Å². The van der Waals surface area contributed by atoms with Gasteiger partial charge in [0.25, 0.3) is 0 Å². The van der Waals surface area contributed by atoms with Crippen molar-refractivity contribution in [2.45, 2.75) is 38.5 Å². The second kappa shape index (κ2) is 5.37. The molecule has 1 aliphatic heterocycles. The Morgan fingerprint density at radius 2 is 2.40 bits per heavy atom. The summed E-state index contributed by atoms with van der Waals surface area (Å²) in [5, 5.41) is 3.56. The topological polar surface area (TPSA) is 12.0 Å². The third-order valence-electron chi connectivity index (χ3n) is 2.77. The van der Waals surface area contributed by atoms with Crippen molar-refractivity contribution in [2.24, 2.45) is 0 Å². The minimum atomic E-state index is 0.533. The molecule has 15 heavy (non-hydrogen) atoms. The van der Waals surface area contributed by atoms with Crippen molar-refractivity contribution in [1.29, 1.82) is 0 Å². The van der Waals surface area contributed by atoms with E-state index in [0.717, 1.165) is 6.54 Å². The molecule has 0 radical (unpaired) electrons. The van der Waals surface area contributed by atoms with Crippen molar-refractivity contribution in [3.63, 3.8) is 0 Å². The Hall–Kier alpha value is 0.01000. The Kier molecular flexibility index (Phi) is 4.12. The number of thioether (sulfide) groups is 1. The molecule has 1 aromatic rings. The van der Waals surface area contributed by atoms with E-state index in [1.807, 2.05) is 11.3 Å². The minimum Gasteiger partial charge on any atom is -0.309 e. The molecule has 0 amide bonds. The summed E-state index contributed by atoms with van der Waals surface area (Å²) in [5.41, 5.74) is 1.59. The first-order valence-corrected chi connectivity index (χ1v) is 7.71. The number of aryl methyl sites for hydroxylation is 1. The van der Waals surface area contributed by atoms with E-state index in [2.05, 4.69) is 37.0 Å². The average molecular weight is 241 g/mol. The van der Waals surface area contributed by atoms with Crippen LogP contribution in [0.25, 0.3) is 0 Å². The molecule has 0 spiro atoms. The third-order valence-corrected chi connectivity index (χ3v) is 5.20. The molecule has 2 rings (SSSR count). The van der Waals surface area contributed by atoms with Gasteiger partial charge in [0, 0.05) is 21.5 Å². The first-order chi connectivity index (χ1) is 7.31. The largest absolute Gasteiger partial charge is 0.309 e. The Morgan fingerprint density at radius 3 is 3.13 bits per heavy atom. The van der Waals surface area contributed by atoms with Crippen molar-refractivity contribution >= 4 is 23.1 Å². The van der Waals surface area contributed by atoms with Crippen LogP contribution in [0.4, 0.5) is 0 Å². The van der Waals surface area contributed by atoms with Crippen molar-refractivity contribution in [2.75, 3.05) is 12.3 Å². The summed E-state index contributed by atoms with van der Waals surface area (Å²) in [5.74, 6) is 2.54. The molecular weight excluding hydrogens is 222 g/mol. The Bertz CT molecular complexity index is 296. The van der Waals surface area contributed by atoms with Gasteiger partial charge in [0.15, 0.2) is 0 Å². The molecule has 1 atom stereocenters. The van der Waals surface area contributed by atoms with Crippen LogP contribution in [0.3, 0.4) is 0 Å². The molecule has 1 aliphatic rings. The molecule has 0 saturated heterocycles. The normalized spacial score (nSPS) is 17.5. The zero-order valence-corrected chi connectivity index (χ0v) is 11.1. The second-order valence-electron chi connectivity index (χ2n) is 4.08. The molecule has 0 aromatic carbocycles. The van der Waals surface area contributed by atoms with E-state index < -0.39 is 0 Å². The van der Waals surface area contributed by atoms with Gasteiger partial charge in [0.2, 0.25) is 0 Å². The molecule has 0 aliphatic carbocycles. The average Bonchev–Trinajstić information content (AvgIpc) is 2.69. The lowest BCUT2D eigenvalue weighted by atomic mass is 10.2. The molecule has 2 heterocycles. The highest BCUT2D eigenvalue weighted by Gasteiger charge is 2.16. The predicted molar refractivity (Wildman–Crippen MR) is 70.9 cm³/mol. The summed E-state index contributed by atoms with van der Waals surface area (Å²) in [4.78, 5) is 3.16. The van der Waals surface area contributed by atoms with E-state index in [1.54, 1.807) is 10.4 Å². The summed E-state index contributed by atoms with van der Waals surface area (Å²) < 4.78 is 0. The van der Waals surface area contributed by atoms with Gasteiger partial charge in [-0.2, -0.15) is 11.8 Å². The Morgan fingerprint density at radius 1 is 1.53 bits per heavy atom. The lowest BCUT2D eigenvalue weighted by Gasteiger charge is -2.10. The minimum absolute atomic E-state index is 0.533. The van der Waals surface area contributed by atoms with Crippen LogP contribution in [0.15, 0.2) is 6.07 Å². The van der Waals surface area contributed by atoms with Crippen LogP contribution in [-0.2, 0) is 12.2 Å². The first kappa shape index (κ1) is 11.5. The van der Waals surface area contributed by atoms with Gasteiger partial charge in [-0.3, -0.25) is 0 Å². The van der Waals surface area contributed by atoms with Crippen LogP contribution in [0, 0.1) is 0 Å². The zero-order chi connectivity index (χ0) is 10.7. The number of thiophene rings is 1. The molecule has 1 unspecified atom stereocenters. The first-order valence-electron chi connectivity index (χ1n) is 5.74. The molecular formula is C12H19NS2. The van der Waals surface area contributed by atoms with Crippen LogP contribution in [0.1, 0.15) is 41.6 Å². The molecule has 0 bridgehead atoms. The molecule has 1 nitrogen and oxygen atoms in total. The van der Waals surface area contributed by atoms with Gasteiger partial charge in [-0.1, -0.05) is 6.92 Å². The van der Waals surface area contributed by atoms with Crippen LogP contribution in [0.2, 0.25) is 0 Å². The molecule has 3 heteroatoms. The quantitative estimate of drug-likeness (QED) is 0.864. The van der Waals surface area contributed by atoms with E-state index in [4.69, 9.17) is 0 Å². The van der Waals surface area contributed by atoms with Crippen LogP contribution in [-0.4, -0.2) is 12.3 Å². The molecule has 1 N–H and O–H groups in total. The maximum Gasteiger partial charge on any atom is 0.0386 e. The van der Waals surface area contributed by atoms with Gasteiger partial charge in [-0.05, 0) is 43.7 Å². The molecule has 1 aromatic heterocycles. The van der Waals surface area contributed by atoms with Crippen LogP contribution < -0.4 is 5.32 Å². The summed E-state index contributed by atoms with van der Waals surface area (Å²) in [6.07, 6.45) is 2.50. The number of hydrogen-bond acceptors (Lipinski definition) is 3. The van der Waals surface area contributed by atoms with E-state index in [9.17, 15) is 0 Å². The summed E-state index contributed by atoms with van der Waals surface area (Å²) in [6.45, 7) is 5.62. The van der Waals surface area contributed by atoms with Gasteiger partial charge in [0.05, 0.1) is 0 Å². The number of rotatable bonds is 4. The maximum atomic E-state index is 3.56. The van der Waals surface area contributed by atoms with Gasteiger partial charge < -0.3 is 5.32 Å². The Balaban J connectivity index is 2.05. The molecule has 0 fully saturated rings. The summed E-state index contributed by atoms with van der Waals surface area (Å²) in [7, 11) is 0. The monoisotopic (exact) mass is 241 g/mol. The highest BCUT2D eigenvalue weighted by Crippen LogP contribution is 2.34. The third kappa shape index (κ3) is 2.77. The maximum absolute atomic E-state index is 3.56. The predicted octanol–water partition coefficient (Wildman–Crippen LogP) is 3.60. The van der Waals surface area contributed by atoms with Gasteiger partial charge >= 0.3 is 0 Å². The number of nitrogens with one attached hydrogen (secondary N) is 1. The van der Waals surface area contributed by atoms with Crippen molar-refractivity contribution < 1.29 is 0 Å². The van der Waals surface area contributed by atoms with Gasteiger partial charge in [0.1, 0.15) is 0 Å². The van der Waals surface area contributed by atoms with Crippen LogP contribution in [0.5, 0.6) is 0 Å².